The van der Waals surface area contributed by atoms with Gasteiger partial charge in [-0.1, -0.05) is 189 Å². The summed E-state index contributed by atoms with van der Waals surface area (Å²) in [7, 11) is -5.88. The number of benzene rings is 6. The standard InChI is InChI=1S/C24H32N2O4S.C23H31IN2O2S.C22H30N2O2S.2CO2/c1-18-14-15-20-22(17-18)31(29,30)26(2)21-12-9-8-11-19(21)24(20)25-16-10-6-4-3-5-7-13-23(27)28;1-3-4-5-6-7-8-11-16-25-23-19-12-9-10-13-21(19)26(2)29(27,28)22-17-18(24)14-15-20(22)23;1-4-5-6-7-10-15-23-22-18-11-8-9-12-20(18)24(3)27(25,26)21-16-17(2)13-14-19(21)22;2*2-1-3/h8-9,11-12,14-15,17,24-25H,3-7,10,13,16H2,1-2H3,(H,27,28);9-10,12-15,17,23,25H,3-8,11,16H2,1-2H3;8-9,11-14,16,22-23H,4-7,10,15H2,1-3H3;;. The minimum atomic E-state index is -3.63. The maximum absolute atomic E-state index is 13.3. The van der Waals surface area contributed by atoms with Crippen LogP contribution in [0.25, 0.3) is 0 Å². The molecule has 504 valence electrons. The Balaban J connectivity index is 0.000000243. The molecule has 0 amide bonds. The summed E-state index contributed by atoms with van der Waals surface area (Å²) in [4.78, 5) is 44.2. The Morgan fingerprint density at radius 1 is 0.419 bits per heavy atom. The Kier molecular flexibility index (Phi) is 32.1. The number of hydrogen-bond donors (Lipinski definition) is 4. The van der Waals surface area contributed by atoms with E-state index < -0.39 is 36.0 Å². The molecule has 3 aliphatic heterocycles. The topological polar surface area (TPSA) is 254 Å². The molecule has 0 saturated carbocycles. The van der Waals surface area contributed by atoms with Crippen molar-refractivity contribution in [2.24, 2.45) is 0 Å². The van der Waals surface area contributed by atoms with Gasteiger partial charge in [0.15, 0.2) is 0 Å². The number of carbonyl (C=O) groups is 1. The fraction of sp³-hybridized carbons (Fsp3) is 0.451. The molecule has 4 N–H and O–H groups in total. The molecule has 0 spiro atoms. The lowest BCUT2D eigenvalue weighted by Gasteiger charge is -2.22. The number of carbonyl (C=O) groups excluding carboxylic acids is 4. The normalized spacial score (nSPS) is 16.5. The zero-order valence-corrected chi connectivity index (χ0v) is 59.4. The predicted molar refractivity (Wildman–Crippen MR) is 374 cm³/mol. The van der Waals surface area contributed by atoms with Gasteiger partial charge >= 0.3 is 18.3 Å². The second-order valence-electron chi connectivity index (χ2n) is 23.5. The summed E-state index contributed by atoms with van der Waals surface area (Å²) in [5, 5.41) is 19.6. The van der Waals surface area contributed by atoms with Crippen LogP contribution in [0.3, 0.4) is 0 Å². The van der Waals surface area contributed by atoms with Crippen molar-refractivity contribution in [3.05, 3.63) is 175 Å². The van der Waals surface area contributed by atoms with Crippen molar-refractivity contribution in [3.8, 4) is 0 Å². The van der Waals surface area contributed by atoms with E-state index in [1.54, 1.807) is 39.3 Å². The molecule has 93 heavy (non-hydrogen) atoms. The molecular formula is C71H93IN6O12S3. The monoisotopic (exact) mass is 1440 g/mol. The van der Waals surface area contributed by atoms with E-state index in [9.17, 15) is 30.0 Å². The first-order valence-corrected chi connectivity index (χ1v) is 37.6. The summed E-state index contributed by atoms with van der Waals surface area (Å²) in [6.07, 6.45) is 21.5. The quantitative estimate of drug-likeness (QED) is 0.0291. The van der Waals surface area contributed by atoms with Crippen molar-refractivity contribution in [3.63, 3.8) is 0 Å². The number of rotatable bonds is 26. The predicted octanol–water partition coefficient (Wildman–Crippen LogP) is 14.1. The number of unbranched alkanes of at least 4 members (excludes halogenated alkanes) is 15. The summed E-state index contributed by atoms with van der Waals surface area (Å²) < 4.78 is 84.8. The molecule has 0 aromatic heterocycles. The van der Waals surface area contributed by atoms with E-state index in [1.165, 1.54) is 77.1 Å². The molecule has 9 rings (SSSR count). The average Bonchev–Trinajstić information content (AvgIpc) is 1.64. The molecule has 3 heterocycles. The van der Waals surface area contributed by atoms with Crippen molar-refractivity contribution in [1.29, 1.82) is 0 Å². The lowest BCUT2D eigenvalue weighted by Crippen LogP contribution is -2.26. The molecule has 0 bridgehead atoms. The number of nitrogens with one attached hydrogen (secondary N) is 3. The Bertz CT molecular complexity index is 3790. The fourth-order valence-electron chi connectivity index (χ4n) is 11.9. The van der Waals surface area contributed by atoms with Gasteiger partial charge in [0.05, 0.1) is 49.9 Å². The van der Waals surface area contributed by atoms with Crippen LogP contribution in [-0.4, -0.2) is 89.4 Å². The second-order valence-corrected chi connectivity index (χ2v) is 30.5. The molecule has 3 unspecified atom stereocenters. The lowest BCUT2D eigenvalue weighted by atomic mass is 9.96. The van der Waals surface area contributed by atoms with Gasteiger partial charge in [0.25, 0.3) is 30.1 Å². The number of aliphatic carboxylic acids is 1. The number of para-hydroxylation sites is 3. The van der Waals surface area contributed by atoms with Gasteiger partial charge in [0, 0.05) is 31.1 Å². The van der Waals surface area contributed by atoms with Crippen LogP contribution in [0.15, 0.2) is 142 Å². The molecule has 0 fully saturated rings. The van der Waals surface area contributed by atoms with E-state index >= 15 is 0 Å². The average molecular weight is 1450 g/mol. The number of aryl methyl sites for hydroxylation is 2. The first-order valence-electron chi connectivity index (χ1n) is 32.2. The number of carboxylic acid groups (broad SMARTS) is 1. The minimum absolute atomic E-state index is 0.122. The molecule has 6 aromatic rings. The van der Waals surface area contributed by atoms with Gasteiger partial charge in [-0.25, -0.2) is 25.3 Å². The third-order valence-corrected chi connectivity index (χ3v) is 23.0. The van der Waals surface area contributed by atoms with Crippen molar-refractivity contribution in [1.82, 2.24) is 16.0 Å². The second kappa shape index (κ2) is 38.7. The lowest BCUT2D eigenvalue weighted by molar-refractivity contribution is -0.193. The smallest absolute Gasteiger partial charge is 0.373 e. The van der Waals surface area contributed by atoms with Gasteiger partial charge in [0.1, 0.15) is 0 Å². The fourth-order valence-corrected chi connectivity index (χ4v) is 17.1. The van der Waals surface area contributed by atoms with Crippen molar-refractivity contribution < 1.29 is 54.3 Å². The molecule has 0 saturated heterocycles. The van der Waals surface area contributed by atoms with Crippen LogP contribution in [0, 0.1) is 17.4 Å². The van der Waals surface area contributed by atoms with Crippen molar-refractivity contribution >= 4 is 88.0 Å². The number of nitrogens with zero attached hydrogens (tertiary/aromatic N) is 3. The van der Waals surface area contributed by atoms with Gasteiger partial charge in [-0.3, -0.25) is 17.7 Å². The summed E-state index contributed by atoms with van der Waals surface area (Å²) in [6, 6.07) is 40.0. The Hall–Kier alpha value is -6.59. The van der Waals surface area contributed by atoms with Crippen LogP contribution in [0.1, 0.15) is 198 Å². The molecule has 3 atom stereocenters. The zero-order chi connectivity index (χ0) is 68.1. The maximum Gasteiger partial charge on any atom is 0.373 e. The number of anilines is 3. The number of sulfonamides is 3. The number of fused-ring (bicyclic) bond motifs is 6. The number of carboxylic acids is 1. The van der Waals surface area contributed by atoms with Crippen molar-refractivity contribution in [2.45, 2.75) is 183 Å². The zero-order valence-electron chi connectivity index (χ0n) is 54.8. The van der Waals surface area contributed by atoms with E-state index in [0.717, 1.165) is 130 Å². The third-order valence-electron chi connectivity index (χ3n) is 16.8. The molecule has 0 aliphatic carbocycles. The minimum Gasteiger partial charge on any atom is -0.481 e. The first-order chi connectivity index (χ1) is 44.6. The molecule has 18 nitrogen and oxygen atoms in total. The SMILES string of the molecule is CCCCCCCCCNC1c2ccccc2N(C)S(=O)(=O)c2cc(I)ccc21.CCCCCCCNC1c2ccccc2N(C)S(=O)(=O)c2cc(C)ccc21.Cc1ccc2c(c1)S(=O)(=O)N(C)c1ccccc1C2NCCCCCCCCC(=O)O.O=C=O.O=C=O. The van der Waals surface area contributed by atoms with Gasteiger partial charge in [-0.2, -0.15) is 19.2 Å². The third kappa shape index (κ3) is 21.2. The first kappa shape index (κ1) is 77.1. The highest BCUT2D eigenvalue weighted by Gasteiger charge is 2.38. The van der Waals surface area contributed by atoms with E-state index in [1.807, 2.05) is 123 Å². The summed E-state index contributed by atoms with van der Waals surface area (Å²) in [6.45, 7) is 10.8. The summed E-state index contributed by atoms with van der Waals surface area (Å²) in [5.74, 6) is -0.726. The summed E-state index contributed by atoms with van der Waals surface area (Å²) in [5.41, 5.74) is 9.52. The van der Waals surface area contributed by atoms with Crippen LogP contribution < -0.4 is 28.9 Å². The molecular weight excluding hydrogens is 1350 g/mol. The van der Waals surface area contributed by atoms with Gasteiger partial charge in [-0.05, 0) is 169 Å². The van der Waals surface area contributed by atoms with E-state index in [2.05, 4.69) is 52.4 Å². The highest BCUT2D eigenvalue weighted by Crippen LogP contribution is 2.43. The molecule has 0 radical (unpaired) electrons. The molecule has 22 heteroatoms. The van der Waals surface area contributed by atoms with Gasteiger partial charge in [0.2, 0.25) is 0 Å². The van der Waals surface area contributed by atoms with Gasteiger partial charge < -0.3 is 21.1 Å². The highest BCUT2D eigenvalue weighted by atomic mass is 127. The number of halogens is 1. The molecule has 6 aromatic carbocycles. The van der Waals surface area contributed by atoms with E-state index in [-0.39, 0.29) is 36.8 Å². The van der Waals surface area contributed by atoms with Crippen LogP contribution >= 0.6 is 22.6 Å². The summed E-state index contributed by atoms with van der Waals surface area (Å²) >= 11 is 2.18. The largest absolute Gasteiger partial charge is 0.481 e. The maximum atomic E-state index is 13.3. The molecule has 3 aliphatic rings. The number of hydrogen-bond acceptors (Lipinski definition) is 14. The van der Waals surface area contributed by atoms with Crippen molar-refractivity contribution in [2.75, 3.05) is 53.7 Å². The van der Waals surface area contributed by atoms with E-state index in [0.29, 0.717) is 20.4 Å². The van der Waals surface area contributed by atoms with Crippen LogP contribution in [0.5, 0.6) is 0 Å². The Morgan fingerprint density at radius 2 is 0.699 bits per heavy atom. The van der Waals surface area contributed by atoms with Crippen LogP contribution in [0.2, 0.25) is 0 Å². The Morgan fingerprint density at radius 3 is 1.02 bits per heavy atom. The Labute approximate surface area is 566 Å². The highest BCUT2D eigenvalue weighted by molar-refractivity contribution is 14.1. The van der Waals surface area contributed by atoms with Gasteiger partial charge in [-0.15, -0.1) is 0 Å². The van der Waals surface area contributed by atoms with Crippen LogP contribution in [-0.2, 0) is 54.0 Å². The van der Waals surface area contributed by atoms with E-state index in [4.69, 9.17) is 24.3 Å². The van der Waals surface area contributed by atoms with Crippen LogP contribution in [0.4, 0.5) is 17.1 Å².